The van der Waals surface area contributed by atoms with Gasteiger partial charge in [0.1, 0.15) is 0 Å². The fraction of sp³-hybridized carbons (Fsp3) is 0.600. The Morgan fingerprint density at radius 3 is 2.61 bits per heavy atom. The molecule has 0 radical (unpaired) electrons. The Labute approximate surface area is 135 Å². The number of nitro benzene ring substituents is 1. The minimum Gasteiger partial charge on any atom is -0.317 e. The van der Waals surface area contributed by atoms with E-state index in [9.17, 15) is 18.5 Å². The molecule has 23 heavy (non-hydrogen) atoms. The first-order valence-corrected chi connectivity index (χ1v) is 9.26. The highest BCUT2D eigenvalue weighted by Gasteiger charge is 2.48. The molecule has 2 saturated heterocycles. The molecular formula is C15H21N3O4S. The number of hydrogen-bond acceptors (Lipinski definition) is 5. The van der Waals surface area contributed by atoms with Crippen molar-refractivity contribution < 1.29 is 13.3 Å². The number of nitro groups is 1. The lowest BCUT2D eigenvalue weighted by Crippen LogP contribution is -2.40. The van der Waals surface area contributed by atoms with E-state index in [4.69, 9.17) is 0 Å². The van der Waals surface area contributed by atoms with Crippen LogP contribution < -0.4 is 5.32 Å². The quantitative estimate of drug-likeness (QED) is 0.669. The Balaban J connectivity index is 1.96. The first-order valence-electron chi connectivity index (χ1n) is 7.82. The molecule has 1 unspecified atom stereocenters. The highest BCUT2D eigenvalue weighted by atomic mass is 32.2. The van der Waals surface area contributed by atoms with Gasteiger partial charge in [0.15, 0.2) is 4.90 Å². The van der Waals surface area contributed by atoms with E-state index in [1.54, 1.807) is 0 Å². The summed E-state index contributed by atoms with van der Waals surface area (Å²) in [7, 11) is -3.87. The van der Waals surface area contributed by atoms with Crippen molar-refractivity contribution in [1.29, 1.82) is 0 Å². The summed E-state index contributed by atoms with van der Waals surface area (Å²) in [6.45, 7) is 4.13. The molecule has 7 nitrogen and oxygen atoms in total. The highest BCUT2D eigenvalue weighted by molar-refractivity contribution is 7.89. The van der Waals surface area contributed by atoms with Crippen molar-refractivity contribution in [3.05, 3.63) is 34.4 Å². The zero-order valence-corrected chi connectivity index (χ0v) is 13.9. The molecule has 2 heterocycles. The third-order valence-electron chi connectivity index (χ3n) is 5.02. The summed E-state index contributed by atoms with van der Waals surface area (Å²) in [5, 5.41) is 14.5. The van der Waals surface area contributed by atoms with E-state index in [0.717, 1.165) is 32.4 Å². The Morgan fingerprint density at radius 1 is 1.30 bits per heavy atom. The lowest BCUT2D eigenvalue weighted by molar-refractivity contribution is -0.387. The largest absolute Gasteiger partial charge is 0.317 e. The third-order valence-corrected chi connectivity index (χ3v) is 7.03. The number of rotatable bonds is 3. The molecule has 0 saturated carbocycles. The maximum absolute atomic E-state index is 13.0. The number of piperidine rings is 1. The predicted octanol–water partition coefficient (Wildman–Crippen LogP) is 1.75. The van der Waals surface area contributed by atoms with E-state index in [1.807, 2.05) is 6.92 Å². The summed E-state index contributed by atoms with van der Waals surface area (Å²) in [6.07, 6.45) is 2.70. The summed E-state index contributed by atoms with van der Waals surface area (Å²) in [4.78, 5) is 10.3. The maximum Gasteiger partial charge on any atom is 0.289 e. The van der Waals surface area contributed by atoms with Gasteiger partial charge in [0.25, 0.3) is 5.69 Å². The number of para-hydroxylation sites is 1. The predicted molar refractivity (Wildman–Crippen MR) is 85.6 cm³/mol. The molecule has 3 rings (SSSR count). The van der Waals surface area contributed by atoms with Crippen molar-refractivity contribution in [3.8, 4) is 0 Å². The maximum atomic E-state index is 13.0. The van der Waals surface area contributed by atoms with Crippen LogP contribution in [0.4, 0.5) is 5.69 Å². The summed E-state index contributed by atoms with van der Waals surface area (Å²) in [5.74, 6) is 0. The van der Waals surface area contributed by atoms with Gasteiger partial charge in [-0.05, 0) is 50.8 Å². The van der Waals surface area contributed by atoms with Crippen LogP contribution in [0.15, 0.2) is 29.2 Å². The van der Waals surface area contributed by atoms with Gasteiger partial charge in [-0.1, -0.05) is 12.1 Å². The molecule has 0 amide bonds. The van der Waals surface area contributed by atoms with E-state index in [2.05, 4.69) is 5.32 Å². The Morgan fingerprint density at radius 2 is 1.96 bits per heavy atom. The monoisotopic (exact) mass is 339 g/mol. The van der Waals surface area contributed by atoms with Crippen LogP contribution in [-0.2, 0) is 10.0 Å². The molecule has 126 valence electrons. The standard InChI is InChI=1S/C15H21N3O4S/c1-12-10-15(6-8-16-9-7-15)11-17(12)23(21,22)14-5-3-2-4-13(14)18(19)20/h2-5,12,16H,6-11H2,1H3. The number of nitrogens with one attached hydrogen (secondary N) is 1. The zero-order chi connectivity index (χ0) is 16.7. The van der Waals surface area contributed by atoms with Crippen molar-refractivity contribution in [2.24, 2.45) is 5.41 Å². The molecule has 1 aromatic carbocycles. The molecule has 0 aliphatic carbocycles. The van der Waals surface area contributed by atoms with E-state index in [-0.39, 0.29) is 22.0 Å². The summed E-state index contributed by atoms with van der Waals surface area (Å²) in [6, 6.07) is 5.44. The van der Waals surface area contributed by atoms with Crippen LogP contribution in [0.3, 0.4) is 0 Å². The number of hydrogen-bond donors (Lipinski definition) is 1. The normalized spacial score (nSPS) is 24.8. The van der Waals surface area contributed by atoms with Crippen molar-refractivity contribution in [2.45, 2.75) is 37.1 Å². The second-order valence-electron chi connectivity index (χ2n) is 6.58. The van der Waals surface area contributed by atoms with Crippen LogP contribution in [0.25, 0.3) is 0 Å². The molecule has 2 fully saturated rings. The molecule has 8 heteroatoms. The fourth-order valence-corrected chi connectivity index (χ4v) is 5.78. The van der Waals surface area contributed by atoms with E-state index < -0.39 is 14.9 Å². The summed E-state index contributed by atoms with van der Waals surface area (Å²) in [5.41, 5.74) is -0.354. The van der Waals surface area contributed by atoms with Crippen LogP contribution in [0.5, 0.6) is 0 Å². The molecule has 0 bridgehead atoms. The number of sulfonamides is 1. The van der Waals surface area contributed by atoms with Gasteiger partial charge in [-0.15, -0.1) is 0 Å². The van der Waals surface area contributed by atoms with Gasteiger partial charge in [0, 0.05) is 18.7 Å². The van der Waals surface area contributed by atoms with Crippen LogP contribution in [-0.4, -0.2) is 43.3 Å². The minimum atomic E-state index is -3.87. The first kappa shape index (κ1) is 16.4. The van der Waals surface area contributed by atoms with Gasteiger partial charge >= 0.3 is 0 Å². The number of benzene rings is 1. The summed E-state index contributed by atoms with van der Waals surface area (Å²) < 4.78 is 27.5. The Bertz CT molecular complexity index is 713. The van der Waals surface area contributed by atoms with Crippen molar-refractivity contribution in [3.63, 3.8) is 0 Å². The van der Waals surface area contributed by atoms with E-state index in [0.29, 0.717) is 6.54 Å². The van der Waals surface area contributed by atoms with Crippen LogP contribution in [0, 0.1) is 15.5 Å². The fourth-order valence-electron chi connectivity index (χ4n) is 3.87. The molecule has 2 aliphatic heterocycles. The zero-order valence-electron chi connectivity index (χ0n) is 13.1. The highest BCUT2D eigenvalue weighted by Crippen LogP contribution is 2.44. The lowest BCUT2D eigenvalue weighted by atomic mass is 9.77. The minimum absolute atomic E-state index is 0.00129. The van der Waals surface area contributed by atoms with E-state index >= 15 is 0 Å². The van der Waals surface area contributed by atoms with Gasteiger partial charge in [0.2, 0.25) is 10.0 Å². The van der Waals surface area contributed by atoms with Crippen molar-refractivity contribution in [1.82, 2.24) is 9.62 Å². The molecule has 0 aromatic heterocycles. The second kappa shape index (κ2) is 5.85. The second-order valence-corrected chi connectivity index (χ2v) is 8.44. The van der Waals surface area contributed by atoms with Gasteiger partial charge < -0.3 is 5.32 Å². The van der Waals surface area contributed by atoms with Crippen LogP contribution >= 0.6 is 0 Å². The van der Waals surface area contributed by atoms with Gasteiger partial charge in [-0.25, -0.2) is 8.42 Å². The molecule has 2 aliphatic rings. The Kier molecular flexibility index (Phi) is 4.16. The molecule has 1 spiro atoms. The van der Waals surface area contributed by atoms with E-state index in [1.165, 1.54) is 28.6 Å². The van der Waals surface area contributed by atoms with Gasteiger partial charge in [-0.3, -0.25) is 10.1 Å². The smallest absolute Gasteiger partial charge is 0.289 e. The SMILES string of the molecule is CC1CC2(CCNCC2)CN1S(=O)(=O)c1ccccc1[N+](=O)[O-]. The molecule has 1 N–H and O–H groups in total. The number of nitrogens with zero attached hydrogens (tertiary/aromatic N) is 2. The van der Waals surface area contributed by atoms with Crippen LogP contribution in [0.2, 0.25) is 0 Å². The van der Waals surface area contributed by atoms with Crippen LogP contribution in [0.1, 0.15) is 26.2 Å². The average Bonchev–Trinajstić information content (AvgIpc) is 2.84. The molecule has 1 atom stereocenters. The van der Waals surface area contributed by atoms with Gasteiger partial charge in [-0.2, -0.15) is 4.31 Å². The van der Waals surface area contributed by atoms with Crippen molar-refractivity contribution >= 4 is 15.7 Å². The molecule has 1 aromatic rings. The van der Waals surface area contributed by atoms with Gasteiger partial charge in [0.05, 0.1) is 4.92 Å². The lowest BCUT2D eigenvalue weighted by Gasteiger charge is -2.33. The summed E-state index contributed by atoms with van der Waals surface area (Å²) >= 11 is 0. The average molecular weight is 339 g/mol. The molecular weight excluding hydrogens is 318 g/mol. The first-order chi connectivity index (χ1) is 10.9. The van der Waals surface area contributed by atoms with Crippen molar-refractivity contribution in [2.75, 3.05) is 19.6 Å². The Hall–Kier alpha value is -1.51. The third kappa shape index (κ3) is 2.86. The topological polar surface area (TPSA) is 92.6 Å².